The Labute approximate surface area is 199 Å². The summed E-state index contributed by atoms with van der Waals surface area (Å²) in [6.07, 6.45) is 1.73. The van der Waals surface area contributed by atoms with E-state index in [1.54, 1.807) is 13.8 Å². The maximum atomic E-state index is 13.4. The molecule has 11 heteroatoms. The highest BCUT2D eigenvalue weighted by atomic mass is 32.2. The number of rotatable bonds is 12. The van der Waals surface area contributed by atoms with E-state index in [-0.39, 0.29) is 23.8 Å². The summed E-state index contributed by atoms with van der Waals surface area (Å²) in [6.45, 7) is 3.54. The number of carbonyl (C=O) groups is 2. The zero-order valence-corrected chi connectivity index (χ0v) is 20.3. The number of nitro benzene ring substituents is 1. The summed E-state index contributed by atoms with van der Waals surface area (Å²) in [5.74, 6) is -0.904. The van der Waals surface area contributed by atoms with Gasteiger partial charge in [0.05, 0.1) is 16.9 Å². The van der Waals surface area contributed by atoms with Crippen LogP contribution in [0.4, 0.5) is 11.4 Å². The number of sulfonamides is 1. The smallest absolute Gasteiger partial charge is 0.271 e. The van der Waals surface area contributed by atoms with E-state index >= 15 is 0 Å². The van der Waals surface area contributed by atoms with Gasteiger partial charge in [-0.3, -0.25) is 24.0 Å². The first-order chi connectivity index (χ1) is 16.1. The van der Waals surface area contributed by atoms with E-state index in [9.17, 15) is 28.1 Å². The van der Waals surface area contributed by atoms with Crippen LogP contribution in [0.1, 0.15) is 25.8 Å². The topological polar surface area (TPSA) is 130 Å². The molecule has 34 heavy (non-hydrogen) atoms. The Balaban J connectivity index is 2.38. The zero-order valence-electron chi connectivity index (χ0n) is 19.5. The highest BCUT2D eigenvalue weighted by Crippen LogP contribution is 2.23. The standard InChI is InChI=1S/C23H30N4O6S/c1-4-21(23(29)24-5-2)25(15-14-18-10-7-6-8-11-18)22(28)17-26(34(3,32)33)19-12-9-13-20(16-19)27(30)31/h6-13,16,21H,4-5,14-15,17H2,1-3H3,(H,24,29)/t21-/m1/s1. The molecule has 2 aromatic carbocycles. The van der Waals surface area contributed by atoms with Crippen LogP contribution in [-0.2, 0) is 26.0 Å². The Kier molecular flexibility index (Phi) is 9.55. The molecular weight excluding hydrogens is 460 g/mol. The van der Waals surface area contributed by atoms with Crippen molar-refractivity contribution in [1.29, 1.82) is 0 Å². The SMILES string of the molecule is CCNC(=O)[C@@H](CC)N(CCc1ccccc1)C(=O)CN(c1cccc([N+](=O)[O-])c1)S(C)(=O)=O. The molecule has 184 valence electrons. The minimum absolute atomic E-state index is 0.000817. The third-order valence-electron chi connectivity index (χ3n) is 5.23. The van der Waals surface area contributed by atoms with E-state index < -0.39 is 33.4 Å². The van der Waals surface area contributed by atoms with E-state index in [4.69, 9.17) is 0 Å². The fourth-order valence-corrected chi connectivity index (χ4v) is 4.40. The second-order valence-corrected chi connectivity index (χ2v) is 9.59. The Morgan fingerprint density at radius 1 is 1.09 bits per heavy atom. The van der Waals surface area contributed by atoms with Crippen LogP contribution in [0.5, 0.6) is 0 Å². The molecule has 0 saturated carbocycles. The van der Waals surface area contributed by atoms with Gasteiger partial charge in [-0.2, -0.15) is 0 Å². The van der Waals surface area contributed by atoms with Gasteiger partial charge in [0.15, 0.2) is 0 Å². The van der Waals surface area contributed by atoms with E-state index in [0.717, 1.165) is 22.2 Å². The van der Waals surface area contributed by atoms with Crippen LogP contribution in [0.15, 0.2) is 54.6 Å². The number of non-ortho nitro benzene ring substituents is 1. The molecule has 0 bridgehead atoms. The molecule has 2 aromatic rings. The summed E-state index contributed by atoms with van der Waals surface area (Å²) >= 11 is 0. The summed E-state index contributed by atoms with van der Waals surface area (Å²) in [5, 5.41) is 13.9. The number of hydrogen-bond acceptors (Lipinski definition) is 6. The maximum Gasteiger partial charge on any atom is 0.271 e. The van der Waals surface area contributed by atoms with Crippen LogP contribution in [0.3, 0.4) is 0 Å². The van der Waals surface area contributed by atoms with Crippen molar-refractivity contribution in [2.24, 2.45) is 0 Å². The van der Waals surface area contributed by atoms with Crippen molar-refractivity contribution in [1.82, 2.24) is 10.2 Å². The van der Waals surface area contributed by atoms with Gasteiger partial charge in [-0.25, -0.2) is 8.42 Å². The average molecular weight is 491 g/mol. The lowest BCUT2D eigenvalue weighted by Gasteiger charge is -2.32. The highest BCUT2D eigenvalue weighted by molar-refractivity contribution is 7.92. The number of likely N-dealkylation sites (N-methyl/N-ethyl adjacent to an activating group) is 1. The van der Waals surface area contributed by atoms with Crippen LogP contribution < -0.4 is 9.62 Å². The normalized spacial score (nSPS) is 12.0. The molecule has 0 spiro atoms. The Hall–Kier alpha value is -3.47. The number of anilines is 1. The van der Waals surface area contributed by atoms with E-state index in [0.29, 0.717) is 19.4 Å². The third-order valence-corrected chi connectivity index (χ3v) is 6.37. The predicted molar refractivity (Wildman–Crippen MR) is 130 cm³/mol. The zero-order chi connectivity index (χ0) is 25.3. The average Bonchev–Trinajstić information content (AvgIpc) is 2.80. The fourth-order valence-electron chi connectivity index (χ4n) is 3.56. The summed E-state index contributed by atoms with van der Waals surface area (Å²) in [4.78, 5) is 38.0. The van der Waals surface area contributed by atoms with Crippen molar-refractivity contribution in [2.75, 3.05) is 30.2 Å². The molecule has 2 amide bonds. The van der Waals surface area contributed by atoms with Gasteiger partial charge in [0.25, 0.3) is 5.69 Å². The first-order valence-electron chi connectivity index (χ1n) is 10.9. The van der Waals surface area contributed by atoms with Gasteiger partial charge in [0.1, 0.15) is 12.6 Å². The lowest BCUT2D eigenvalue weighted by atomic mass is 10.1. The number of nitrogens with one attached hydrogen (secondary N) is 1. The van der Waals surface area contributed by atoms with Gasteiger partial charge in [0.2, 0.25) is 21.8 Å². The van der Waals surface area contributed by atoms with E-state index in [1.165, 1.54) is 23.1 Å². The van der Waals surface area contributed by atoms with Crippen molar-refractivity contribution in [2.45, 2.75) is 32.7 Å². The second kappa shape index (κ2) is 12.1. The Morgan fingerprint density at radius 2 is 1.76 bits per heavy atom. The molecule has 10 nitrogen and oxygen atoms in total. The van der Waals surface area contributed by atoms with Crippen molar-refractivity contribution in [3.8, 4) is 0 Å². The second-order valence-electron chi connectivity index (χ2n) is 7.69. The number of nitro groups is 1. The molecule has 0 aliphatic rings. The first-order valence-corrected chi connectivity index (χ1v) is 12.8. The van der Waals surface area contributed by atoms with Crippen molar-refractivity contribution in [3.05, 3.63) is 70.3 Å². The van der Waals surface area contributed by atoms with Crippen LogP contribution >= 0.6 is 0 Å². The van der Waals surface area contributed by atoms with Gasteiger partial charge in [-0.05, 0) is 31.4 Å². The summed E-state index contributed by atoms with van der Waals surface area (Å²) < 4.78 is 25.9. The fraction of sp³-hybridized carbons (Fsp3) is 0.391. The van der Waals surface area contributed by atoms with Crippen molar-refractivity contribution < 1.29 is 22.9 Å². The number of nitrogens with zero attached hydrogens (tertiary/aromatic N) is 3. The minimum atomic E-state index is -3.96. The molecule has 1 N–H and O–H groups in total. The van der Waals surface area contributed by atoms with Crippen LogP contribution in [0, 0.1) is 10.1 Å². The monoisotopic (exact) mass is 490 g/mol. The van der Waals surface area contributed by atoms with Gasteiger partial charge >= 0.3 is 0 Å². The predicted octanol–water partition coefficient (Wildman–Crippen LogP) is 2.35. The first kappa shape index (κ1) is 26.8. The quantitative estimate of drug-likeness (QED) is 0.359. The Morgan fingerprint density at radius 3 is 2.32 bits per heavy atom. The molecule has 2 rings (SSSR count). The van der Waals surface area contributed by atoms with Gasteiger partial charge in [0, 0.05) is 25.2 Å². The van der Waals surface area contributed by atoms with Gasteiger partial charge < -0.3 is 10.2 Å². The van der Waals surface area contributed by atoms with Crippen LogP contribution in [0.25, 0.3) is 0 Å². The number of benzene rings is 2. The minimum Gasteiger partial charge on any atom is -0.355 e. The molecule has 0 aliphatic carbocycles. The molecule has 0 radical (unpaired) electrons. The molecule has 0 unspecified atom stereocenters. The summed E-state index contributed by atoms with van der Waals surface area (Å²) in [7, 11) is -3.96. The van der Waals surface area contributed by atoms with Gasteiger partial charge in [-0.15, -0.1) is 0 Å². The van der Waals surface area contributed by atoms with Crippen LogP contribution in [0.2, 0.25) is 0 Å². The third kappa shape index (κ3) is 7.27. The lowest BCUT2D eigenvalue weighted by molar-refractivity contribution is -0.384. The molecular formula is C23H30N4O6S. The maximum absolute atomic E-state index is 13.4. The summed E-state index contributed by atoms with van der Waals surface area (Å²) in [6, 6.07) is 13.7. The van der Waals surface area contributed by atoms with E-state index in [1.807, 2.05) is 30.3 Å². The molecule has 0 fully saturated rings. The highest BCUT2D eigenvalue weighted by Gasteiger charge is 2.31. The molecule has 0 heterocycles. The molecule has 1 atom stereocenters. The van der Waals surface area contributed by atoms with Gasteiger partial charge in [-0.1, -0.05) is 43.3 Å². The van der Waals surface area contributed by atoms with Crippen molar-refractivity contribution >= 4 is 33.2 Å². The largest absolute Gasteiger partial charge is 0.355 e. The summed E-state index contributed by atoms with van der Waals surface area (Å²) in [5.41, 5.74) is 0.664. The Bertz CT molecular complexity index is 1110. The number of hydrogen-bond donors (Lipinski definition) is 1. The van der Waals surface area contributed by atoms with Crippen LogP contribution in [-0.4, -0.2) is 62.0 Å². The number of amides is 2. The number of carbonyl (C=O) groups excluding carboxylic acids is 2. The lowest BCUT2D eigenvalue weighted by Crippen LogP contribution is -2.53. The molecule has 0 aromatic heterocycles. The molecule has 0 aliphatic heterocycles. The van der Waals surface area contributed by atoms with E-state index in [2.05, 4.69) is 5.32 Å². The van der Waals surface area contributed by atoms with Crippen molar-refractivity contribution in [3.63, 3.8) is 0 Å². The molecule has 0 saturated heterocycles.